The van der Waals surface area contributed by atoms with Crippen LogP contribution in [0.15, 0.2) is 47.1 Å². The number of carboxylic acid groups (broad SMARTS) is 1. The second-order valence-corrected chi connectivity index (χ2v) is 9.48. The summed E-state index contributed by atoms with van der Waals surface area (Å²) in [5.41, 5.74) is 0.809. The first-order valence-corrected chi connectivity index (χ1v) is 12.2. The van der Waals surface area contributed by atoms with Gasteiger partial charge >= 0.3 is 6.09 Å². The van der Waals surface area contributed by atoms with Crippen LogP contribution < -0.4 is 5.32 Å². The van der Waals surface area contributed by atoms with Crippen LogP contribution in [0.2, 0.25) is 5.02 Å². The molecular weight excluding hydrogens is 458 g/mol. The fourth-order valence-electron chi connectivity index (χ4n) is 5.11. The van der Waals surface area contributed by atoms with Crippen LogP contribution in [0.4, 0.5) is 4.79 Å². The lowest BCUT2D eigenvalue weighted by molar-refractivity contribution is -0.132. The summed E-state index contributed by atoms with van der Waals surface area (Å²) >= 11 is 5.95. The summed E-state index contributed by atoms with van der Waals surface area (Å²) in [6, 6.07) is 9.45. The number of furan rings is 1. The third-order valence-corrected chi connectivity index (χ3v) is 7.00. The van der Waals surface area contributed by atoms with E-state index in [4.69, 9.17) is 16.0 Å². The van der Waals surface area contributed by atoms with Crippen molar-refractivity contribution in [3.05, 3.63) is 59.0 Å². The molecule has 2 aromatic rings. The molecule has 1 aliphatic carbocycles. The summed E-state index contributed by atoms with van der Waals surface area (Å²) in [6.45, 7) is 0.844. The zero-order valence-corrected chi connectivity index (χ0v) is 19.7. The molecule has 2 atom stereocenters. The van der Waals surface area contributed by atoms with Gasteiger partial charge in [0.1, 0.15) is 6.04 Å². The minimum Gasteiger partial charge on any atom is -0.465 e. The smallest absolute Gasteiger partial charge is 0.405 e. The highest BCUT2D eigenvalue weighted by Crippen LogP contribution is 2.29. The van der Waals surface area contributed by atoms with Crippen LogP contribution in [-0.2, 0) is 11.2 Å². The van der Waals surface area contributed by atoms with E-state index in [1.165, 1.54) is 12.7 Å². The summed E-state index contributed by atoms with van der Waals surface area (Å²) in [7, 11) is 0. The van der Waals surface area contributed by atoms with Crippen LogP contribution in [0.1, 0.15) is 54.6 Å². The molecule has 2 heterocycles. The number of hydrogen-bond acceptors (Lipinski definition) is 4. The predicted molar refractivity (Wildman–Crippen MR) is 127 cm³/mol. The van der Waals surface area contributed by atoms with Gasteiger partial charge in [0.15, 0.2) is 5.76 Å². The topological polar surface area (TPSA) is 103 Å². The molecule has 8 nitrogen and oxygen atoms in total. The minimum absolute atomic E-state index is 0.119. The molecule has 0 bridgehead atoms. The largest absolute Gasteiger partial charge is 0.465 e. The van der Waals surface area contributed by atoms with Gasteiger partial charge in [0.2, 0.25) is 5.91 Å². The molecule has 3 amide bonds. The number of nitrogens with zero attached hydrogens (tertiary/aromatic N) is 2. The maximum atomic E-state index is 13.3. The second-order valence-electron chi connectivity index (χ2n) is 9.04. The lowest BCUT2D eigenvalue weighted by Crippen LogP contribution is -2.52. The summed E-state index contributed by atoms with van der Waals surface area (Å²) < 4.78 is 5.40. The number of carbonyl (C=O) groups excluding carboxylic acids is 2. The van der Waals surface area contributed by atoms with Gasteiger partial charge in [-0.3, -0.25) is 9.59 Å². The first kappa shape index (κ1) is 24.1. The summed E-state index contributed by atoms with van der Waals surface area (Å²) in [5, 5.41) is 12.3. The fraction of sp³-hybridized carbons (Fsp3) is 0.480. The lowest BCUT2D eigenvalue weighted by atomic mass is 9.92. The molecule has 1 aromatic heterocycles. The zero-order chi connectivity index (χ0) is 24.1. The number of halogens is 1. The van der Waals surface area contributed by atoms with E-state index in [2.05, 4.69) is 5.32 Å². The van der Waals surface area contributed by atoms with Gasteiger partial charge in [0.05, 0.1) is 12.3 Å². The van der Waals surface area contributed by atoms with Crippen LogP contribution >= 0.6 is 11.6 Å². The van der Waals surface area contributed by atoms with E-state index in [0.717, 1.165) is 31.2 Å². The highest BCUT2D eigenvalue weighted by Gasteiger charge is 2.39. The number of nitrogens with one attached hydrogen (secondary N) is 1. The average Bonchev–Trinajstić information content (AvgIpc) is 3.53. The predicted octanol–water partition coefficient (Wildman–Crippen LogP) is 4.19. The van der Waals surface area contributed by atoms with Crippen molar-refractivity contribution in [1.82, 2.24) is 15.1 Å². The molecule has 0 radical (unpaired) electrons. The van der Waals surface area contributed by atoms with Gasteiger partial charge in [0.25, 0.3) is 5.91 Å². The van der Waals surface area contributed by atoms with E-state index in [0.29, 0.717) is 30.3 Å². The number of amides is 3. The number of likely N-dealkylation sites (tertiary alicyclic amines) is 1. The Morgan fingerprint density at radius 2 is 1.82 bits per heavy atom. The second kappa shape index (κ2) is 11.0. The van der Waals surface area contributed by atoms with Gasteiger partial charge in [-0.15, -0.1) is 0 Å². The van der Waals surface area contributed by atoms with Crippen LogP contribution in [-0.4, -0.2) is 64.0 Å². The van der Waals surface area contributed by atoms with Crippen LogP contribution in [0, 0.1) is 0 Å². The van der Waals surface area contributed by atoms with Crippen molar-refractivity contribution in [2.24, 2.45) is 0 Å². The third-order valence-electron chi connectivity index (χ3n) is 6.75. The molecule has 2 fully saturated rings. The Morgan fingerprint density at radius 3 is 2.47 bits per heavy atom. The Morgan fingerprint density at radius 1 is 1.09 bits per heavy atom. The number of carbonyl (C=O) groups is 3. The number of rotatable bonds is 7. The van der Waals surface area contributed by atoms with Crippen molar-refractivity contribution in [3.8, 4) is 0 Å². The lowest BCUT2D eigenvalue weighted by Gasteiger charge is -2.38. The van der Waals surface area contributed by atoms with E-state index in [1.807, 2.05) is 4.90 Å². The van der Waals surface area contributed by atoms with Crippen LogP contribution in [0.3, 0.4) is 0 Å². The molecule has 34 heavy (non-hydrogen) atoms. The first-order valence-electron chi connectivity index (χ1n) is 11.8. The minimum atomic E-state index is -1.25. The maximum Gasteiger partial charge on any atom is 0.405 e. The van der Waals surface area contributed by atoms with Gasteiger partial charge in [-0.1, -0.05) is 43.0 Å². The Hall–Kier alpha value is -3.00. The zero-order valence-electron chi connectivity index (χ0n) is 19.0. The standard InChI is InChI=1S/C25H30ClN3O5/c26-18-10-8-17(9-11-18)15-21(27-25(32)33)23(30)28-13-12-20(16-28)29(19-5-2-1-3-6-19)24(31)22-7-4-14-34-22/h4,7-11,14,19-21,27H,1-3,5-6,12-13,15-16H2,(H,32,33)/t20-,21?/m0/s1. The monoisotopic (exact) mass is 487 g/mol. The highest BCUT2D eigenvalue weighted by atomic mass is 35.5. The summed E-state index contributed by atoms with van der Waals surface area (Å²) in [4.78, 5) is 41.7. The normalized spacial score (nSPS) is 19.6. The van der Waals surface area contributed by atoms with Crippen LogP contribution in [0.5, 0.6) is 0 Å². The molecule has 182 valence electrons. The van der Waals surface area contributed by atoms with Crippen molar-refractivity contribution >= 4 is 29.5 Å². The molecule has 0 spiro atoms. The molecule has 1 saturated heterocycles. The SMILES string of the molecule is O=C(O)NC(Cc1ccc(Cl)cc1)C(=O)N1CC[C@H](N(C(=O)c2ccco2)C2CCCCC2)C1. The maximum absolute atomic E-state index is 13.3. The van der Waals surface area contributed by atoms with Crippen molar-refractivity contribution < 1.29 is 23.9 Å². The molecule has 2 aliphatic rings. The molecule has 4 rings (SSSR count). The molecule has 1 aromatic carbocycles. The van der Waals surface area contributed by atoms with Crippen molar-refractivity contribution in [2.45, 2.75) is 63.1 Å². The molecule has 1 aliphatic heterocycles. The van der Waals surface area contributed by atoms with Gasteiger partial charge in [-0.2, -0.15) is 0 Å². The molecule has 9 heteroatoms. The van der Waals surface area contributed by atoms with Crippen molar-refractivity contribution in [2.75, 3.05) is 13.1 Å². The van der Waals surface area contributed by atoms with Gasteiger partial charge in [-0.25, -0.2) is 4.79 Å². The highest BCUT2D eigenvalue weighted by molar-refractivity contribution is 6.30. The van der Waals surface area contributed by atoms with E-state index in [9.17, 15) is 19.5 Å². The van der Waals surface area contributed by atoms with Gasteiger partial charge in [-0.05, 0) is 49.1 Å². The first-order chi connectivity index (χ1) is 16.4. The Labute approximate surface area is 203 Å². The number of benzene rings is 1. The number of hydrogen-bond donors (Lipinski definition) is 2. The van der Waals surface area contributed by atoms with Gasteiger partial charge < -0.3 is 24.6 Å². The molecule has 1 unspecified atom stereocenters. The van der Waals surface area contributed by atoms with E-state index in [-0.39, 0.29) is 30.3 Å². The average molecular weight is 488 g/mol. The molecule has 2 N–H and O–H groups in total. The van der Waals surface area contributed by atoms with E-state index < -0.39 is 12.1 Å². The third kappa shape index (κ3) is 5.73. The summed E-state index contributed by atoms with van der Waals surface area (Å²) in [6.07, 6.45) is 6.32. The van der Waals surface area contributed by atoms with E-state index >= 15 is 0 Å². The quantitative estimate of drug-likeness (QED) is 0.609. The Kier molecular flexibility index (Phi) is 7.77. The van der Waals surface area contributed by atoms with Crippen molar-refractivity contribution in [1.29, 1.82) is 0 Å². The van der Waals surface area contributed by atoms with Crippen LogP contribution in [0.25, 0.3) is 0 Å². The van der Waals surface area contributed by atoms with E-state index in [1.54, 1.807) is 41.3 Å². The Bertz CT molecular complexity index is 988. The van der Waals surface area contributed by atoms with Gasteiger partial charge in [0, 0.05) is 30.6 Å². The molecule has 1 saturated carbocycles. The molecular formula is C25H30ClN3O5. The van der Waals surface area contributed by atoms with Crippen molar-refractivity contribution in [3.63, 3.8) is 0 Å². The summed E-state index contributed by atoms with van der Waals surface area (Å²) in [5.74, 6) is -0.116. The fourth-order valence-corrected chi connectivity index (χ4v) is 5.24. The Balaban J connectivity index is 1.49.